The molecule has 0 spiro atoms. The van der Waals surface area contributed by atoms with Crippen LogP contribution < -0.4 is 0 Å². The van der Waals surface area contributed by atoms with E-state index in [2.05, 4.69) is 9.97 Å². The lowest BCUT2D eigenvalue weighted by Gasteiger charge is -2.24. The van der Waals surface area contributed by atoms with Crippen LogP contribution in [0.2, 0.25) is 0 Å². The monoisotopic (exact) mass is 301 g/mol. The van der Waals surface area contributed by atoms with Gasteiger partial charge in [-0.2, -0.15) is 0 Å². The Morgan fingerprint density at radius 3 is 2.55 bits per heavy atom. The number of hydrogen-bond donors (Lipinski definition) is 1. The average Bonchev–Trinajstić information content (AvgIpc) is 2.83. The molecule has 1 N–H and O–H groups in total. The number of hydrogen-bond acceptors (Lipinski definition) is 5. The van der Waals surface area contributed by atoms with Crippen LogP contribution in [-0.2, 0) is 27.7 Å². The highest BCUT2D eigenvalue weighted by atomic mass is 32.2. The summed E-state index contributed by atoms with van der Waals surface area (Å²) in [6.45, 7) is 7.51. The van der Waals surface area contributed by atoms with Crippen molar-refractivity contribution in [3.8, 4) is 0 Å². The third-order valence-corrected chi connectivity index (χ3v) is 4.40. The fourth-order valence-corrected chi connectivity index (χ4v) is 2.65. The van der Waals surface area contributed by atoms with E-state index in [0.717, 1.165) is 0 Å². The first-order valence-corrected chi connectivity index (χ1v) is 8.06. The molecule has 0 radical (unpaired) electrons. The smallest absolute Gasteiger partial charge is 0.410 e. The van der Waals surface area contributed by atoms with Crippen LogP contribution in [0.3, 0.4) is 0 Å². The van der Waals surface area contributed by atoms with Gasteiger partial charge in [0.15, 0.2) is 0 Å². The van der Waals surface area contributed by atoms with Gasteiger partial charge in [-0.3, -0.25) is 4.90 Å². The van der Waals surface area contributed by atoms with Crippen LogP contribution in [0, 0.1) is 0 Å². The average molecular weight is 301 g/mol. The van der Waals surface area contributed by atoms with Crippen LogP contribution in [0.1, 0.15) is 39.1 Å². The summed E-state index contributed by atoms with van der Waals surface area (Å²) in [5, 5.41) is -0.0196. The van der Waals surface area contributed by atoms with Gasteiger partial charge >= 0.3 is 6.09 Å². The van der Waals surface area contributed by atoms with E-state index in [4.69, 9.17) is 4.74 Å². The van der Waals surface area contributed by atoms with Crippen molar-refractivity contribution in [2.24, 2.45) is 0 Å². The standard InChI is InChI=1S/C12H19N3O4S/c1-5-20(17,18)10-13-8-6-15(7-9(8)14-10)11(16)19-12(2,3)4/h5-7H2,1-4H3,(H,13,14). The first-order chi connectivity index (χ1) is 9.12. The van der Waals surface area contributed by atoms with Gasteiger partial charge in [-0.15, -0.1) is 0 Å². The number of carbonyl (C=O) groups is 1. The molecule has 2 heterocycles. The number of amides is 1. The van der Waals surface area contributed by atoms with E-state index in [0.29, 0.717) is 11.4 Å². The quantitative estimate of drug-likeness (QED) is 0.892. The Morgan fingerprint density at radius 2 is 2.05 bits per heavy atom. The predicted octanol–water partition coefficient (Wildman–Crippen LogP) is 1.45. The molecule has 2 rings (SSSR count). The number of aromatic nitrogens is 2. The maximum absolute atomic E-state index is 11.9. The zero-order chi connectivity index (χ0) is 15.1. The zero-order valence-electron chi connectivity index (χ0n) is 12.1. The summed E-state index contributed by atoms with van der Waals surface area (Å²) < 4.78 is 28.7. The number of rotatable bonds is 2. The Morgan fingerprint density at radius 1 is 1.40 bits per heavy atom. The minimum atomic E-state index is -3.34. The number of sulfone groups is 1. The third-order valence-electron chi connectivity index (χ3n) is 2.86. The zero-order valence-corrected chi connectivity index (χ0v) is 12.9. The lowest BCUT2D eigenvalue weighted by Crippen LogP contribution is -2.33. The Balaban J connectivity index is 2.11. The van der Waals surface area contributed by atoms with Crippen molar-refractivity contribution in [1.29, 1.82) is 0 Å². The van der Waals surface area contributed by atoms with Gasteiger partial charge < -0.3 is 9.72 Å². The van der Waals surface area contributed by atoms with Crippen molar-refractivity contribution in [1.82, 2.24) is 14.9 Å². The summed E-state index contributed by atoms with van der Waals surface area (Å²) in [7, 11) is -3.34. The normalized spacial score (nSPS) is 15.3. The van der Waals surface area contributed by atoms with Crippen molar-refractivity contribution in [3.05, 3.63) is 11.4 Å². The first kappa shape index (κ1) is 14.8. The highest BCUT2D eigenvalue weighted by Crippen LogP contribution is 2.24. The van der Waals surface area contributed by atoms with Crippen LogP contribution in [0.4, 0.5) is 4.79 Å². The number of H-pyrrole nitrogens is 1. The van der Waals surface area contributed by atoms with Gasteiger partial charge in [0.05, 0.1) is 30.2 Å². The van der Waals surface area contributed by atoms with Crippen LogP contribution in [-0.4, -0.2) is 40.7 Å². The molecule has 1 aromatic heterocycles. The van der Waals surface area contributed by atoms with E-state index in [-0.39, 0.29) is 24.0 Å². The maximum Gasteiger partial charge on any atom is 0.410 e. The third kappa shape index (κ3) is 2.95. The van der Waals surface area contributed by atoms with Gasteiger partial charge in [0.25, 0.3) is 0 Å². The fourth-order valence-electron chi connectivity index (χ4n) is 1.85. The second kappa shape index (κ2) is 4.76. The summed E-state index contributed by atoms with van der Waals surface area (Å²) in [4.78, 5) is 20.3. The Bertz CT molecular complexity index is 604. The number of aromatic amines is 1. The van der Waals surface area contributed by atoms with Gasteiger partial charge in [0.1, 0.15) is 5.60 Å². The Labute approximate surface area is 118 Å². The van der Waals surface area contributed by atoms with Crippen molar-refractivity contribution >= 4 is 15.9 Å². The van der Waals surface area contributed by atoms with E-state index < -0.39 is 21.5 Å². The van der Waals surface area contributed by atoms with Gasteiger partial charge in [-0.1, -0.05) is 6.92 Å². The fraction of sp³-hybridized carbons (Fsp3) is 0.667. The second-order valence-corrected chi connectivity index (χ2v) is 7.90. The largest absolute Gasteiger partial charge is 0.444 e. The van der Waals surface area contributed by atoms with Crippen molar-refractivity contribution in [2.75, 3.05) is 5.75 Å². The lowest BCUT2D eigenvalue weighted by molar-refractivity contribution is 0.0238. The van der Waals surface area contributed by atoms with E-state index >= 15 is 0 Å². The molecule has 1 amide bonds. The summed E-state index contributed by atoms with van der Waals surface area (Å²) in [5.41, 5.74) is 0.683. The minimum Gasteiger partial charge on any atom is -0.444 e. The van der Waals surface area contributed by atoms with Gasteiger partial charge in [0.2, 0.25) is 15.0 Å². The van der Waals surface area contributed by atoms with Crippen LogP contribution in [0.15, 0.2) is 5.16 Å². The van der Waals surface area contributed by atoms with Crippen LogP contribution >= 0.6 is 0 Å². The van der Waals surface area contributed by atoms with Gasteiger partial charge in [-0.05, 0) is 20.8 Å². The molecule has 0 saturated carbocycles. The molecule has 0 atom stereocenters. The second-order valence-electron chi connectivity index (χ2n) is 5.71. The summed E-state index contributed by atoms with van der Waals surface area (Å²) in [6, 6.07) is 0. The molecule has 0 aliphatic carbocycles. The molecule has 1 aliphatic rings. The summed E-state index contributed by atoms with van der Waals surface area (Å²) in [6.07, 6.45) is -0.427. The van der Waals surface area contributed by atoms with Gasteiger partial charge in [0, 0.05) is 0 Å². The SMILES string of the molecule is CCS(=O)(=O)c1nc2c([nH]1)CN(C(=O)OC(C)(C)C)C2. The van der Waals surface area contributed by atoms with Crippen LogP contribution in [0.25, 0.3) is 0 Å². The Kier molecular flexibility index (Phi) is 3.53. The van der Waals surface area contributed by atoms with Crippen molar-refractivity contribution in [2.45, 2.75) is 51.5 Å². The molecular weight excluding hydrogens is 282 g/mol. The number of nitrogens with zero attached hydrogens (tertiary/aromatic N) is 2. The molecule has 1 aliphatic heterocycles. The number of ether oxygens (including phenoxy) is 1. The molecule has 112 valence electrons. The van der Waals surface area contributed by atoms with E-state index in [1.54, 1.807) is 27.7 Å². The molecule has 0 saturated heterocycles. The number of fused-ring (bicyclic) bond motifs is 1. The molecule has 0 fully saturated rings. The van der Waals surface area contributed by atoms with Crippen molar-refractivity contribution < 1.29 is 17.9 Å². The summed E-state index contributed by atoms with van der Waals surface area (Å²) >= 11 is 0. The highest BCUT2D eigenvalue weighted by Gasteiger charge is 2.31. The molecule has 0 unspecified atom stereocenters. The van der Waals surface area contributed by atoms with Crippen molar-refractivity contribution in [3.63, 3.8) is 0 Å². The van der Waals surface area contributed by atoms with E-state index in [1.807, 2.05) is 0 Å². The number of carbonyl (C=O) groups excluding carboxylic acids is 1. The number of nitrogens with one attached hydrogen (secondary N) is 1. The molecular formula is C12H19N3O4S. The van der Waals surface area contributed by atoms with Gasteiger partial charge in [-0.25, -0.2) is 18.2 Å². The molecule has 20 heavy (non-hydrogen) atoms. The molecule has 0 aromatic carbocycles. The van der Waals surface area contributed by atoms with E-state index in [1.165, 1.54) is 4.90 Å². The molecule has 1 aromatic rings. The Hall–Kier alpha value is -1.57. The maximum atomic E-state index is 11.9. The van der Waals surface area contributed by atoms with Crippen LogP contribution in [0.5, 0.6) is 0 Å². The molecule has 8 heteroatoms. The molecule has 7 nitrogen and oxygen atoms in total. The topological polar surface area (TPSA) is 92.4 Å². The van der Waals surface area contributed by atoms with E-state index in [9.17, 15) is 13.2 Å². The highest BCUT2D eigenvalue weighted by molar-refractivity contribution is 7.91. The summed E-state index contributed by atoms with van der Waals surface area (Å²) in [5.74, 6) is -0.00479. The predicted molar refractivity (Wildman–Crippen MR) is 71.8 cm³/mol. The minimum absolute atomic E-state index is 0.00479. The first-order valence-electron chi connectivity index (χ1n) is 6.41. The number of imidazole rings is 1. The lowest BCUT2D eigenvalue weighted by atomic mass is 10.2. The molecule has 0 bridgehead atoms.